The zero-order chi connectivity index (χ0) is 53.8. The van der Waals surface area contributed by atoms with Gasteiger partial charge < -0.3 is 48.9 Å². The Labute approximate surface area is 442 Å². The minimum Gasteiger partial charge on any atom is -0.457 e. The number of nitriles is 3. The van der Waals surface area contributed by atoms with Crippen LogP contribution in [0.15, 0.2) is 127 Å². The molecule has 0 radical (unpaired) electrons. The molecule has 0 saturated carbocycles. The topological polar surface area (TPSA) is 219 Å². The summed E-state index contributed by atoms with van der Waals surface area (Å²) in [6.07, 6.45) is 8.66. The zero-order valence-electron chi connectivity index (χ0n) is 43.4. The van der Waals surface area contributed by atoms with Crippen LogP contribution in [-0.4, -0.2) is 57.3 Å². The molecule has 13 nitrogen and oxygen atoms in total. The van der Waals surface area contributed by atoms with Crippen LogP contribution in [0.4, 0.5) is 0 Å². The molecular formula is C59H66B3N3O10. The maximum absolute atomic E-state index is 12.9. The molecule has 0 aromatic heterocycles. The largest absolute Gasteiger partial charge is 0.491 e. The molecule has 6 rings (SSSR count). The molecule has 0 spiro atoms. The van der Waals surface area contributed by atoms with Crippen LogP contribution in [0.2, 0.25) is 0 Å². The number of hydrogen-bond acceptors (Lipinski definition) is 13. The fourth-order valence-electron chi connectivity index (χ4n) is 9.24. The summed E-state index contributed by atoms with van der Waals surface area (Å²) in [5, 5.41) is 86.1. The van der Waals surface area contributed by atoms with Gasteiger partial charge in [-0.15, -0.1) is 0 Å². The van der Waals surface area contributed by atoms with Crippen molar-refractivity contribution in [2.45, 2.75) is 129 Å². The summed E-state index contributed by atoms with van der Waals surface area (Å²) in [6.45, 7) is 4.19. The van der Waals surface area contributed by atoms with Crippen molar-refractivity contribution >= 4 is 37.3 Å². The summed E-state index contributed by atoms with van der Waals surface area (Å²) in [5.74, 6) is 2.64. The van der Waals surface area contributed by atoms with Crippen LogP contribution in [0.25, 0.3) is 0 Å². The number of aliphatic hydroxyl groups excluding tert-OH is 3. The van der Waals surface area contributed by atoms with Crippen molar-refractivity contribution in [1.82, 2.24) is 0 Å². The predicted molar refractivity (Wildman–Crippen MR) is 293 cm³/mol. The summed E-state index contributed by atoms with van der Waals surface area (Å²) < 4.78 is 32.9. The number of unbranched alkanes of at least 4 members (excludes halogenated alkanes) is 7. The van der Waals surface area contributed by atoms with Crippen LogP contribution < -0.4 is 30.6 Å². The van der Waals surface area contributed by atoms with E-state index in [0.717, 1.165) is 44.9 Å². The summed E-state index contributed by atoms with van der Waals surface area (Å²) >= 11 is 0. The molecule has 6 aromatic carbocycles. The lowest BCUT2D eigenvalue weighted by Gasteiger charge is -2.44. The Morgan fingerprint density at radius 1 is 0.427 bits per heavy atom. The van der Waals surface area contributed by atoms with Gasteiger partial charge in [0.25, 0.3) is 0 Å². The second kappa shape index (κ2) is 28.1. The third kappa shape index (κ3) is 15.6. The third-order valence-corrected chi connectivity index (χ3v) is 13.6. The average molecular weight is 1010 g/mol. The van der Waals surface area contributed by atoms with E-state index in [9.17, 15) is 41.2 Å². The Morgan fingerprint density at radius 2 is 0.773 bits per heavy atom. The summed E-state index contributed by atoms with van der Waals surface area (Å²) in [5.41, 5.74) is 1.02. The van der Waals surface area contributed by atoms with Crippen LogP contribution in [0.1, 0.15) is 132 Å². The minimum absolute atomic E-state index is 0.284. The predicted octanol–water partition coefficient (Wildman–Crippen LogP) is 9.59. The first kappa shape index (κ1) is 57.4. The summed E-state index contributed by atoms with van der Waals surface area (Å²) in [6, 6.07) is 41.5. The van der Waals surface area contributed by atoms with Crippen molar-refractivity contribution in [1.29, 1.82) is 15.8 Å². The van der Waals surface area contributed by atoms with E-state index in [1.807, 2.05) is 13.8 Å². The molecule has 0 heterocycles. The van der Waals surface area contributed by atoms with Gasteiger partial charge in [0.05, 0.1) is 65.7 Å². The molecular weight excluding hydrogens is 943 g/mol. The van der Waals surface area contributed by atoms with Crippen molar-refractivity contribution in [2.75, 3.05) is 0 Å². The van der Waals surface area contributed by atoms with Gasteiger partial charge in [-0.1, -0.05) is 89.8 Å². The highest BCUT2D eigenvalue weighted by Crippen LogP contribution is 2.34. The van der Waals surface area contributed by atoms with Crippen LogP contribution in [0, 0.1) is 34.0 Å². The number of hydrogen-bond donors (Lipinski definition) is 5. The lowest BCUT2D eigenvalue weighted by molar-refractivity contribution is 0.0738. The van der Waals surface area contributed by atoms with E-state index in [4.69, 9.17) is 23.5 Å². The van der Waals surface area contributed by atoms with Gasteiger partial charge in [-0.3, -0.25) is 0 Å². The first-order valence-corrected chi connectivity index (χ1v) is 25.8. The van der Waals surface area contributed by atoms with Crippen molar-refractivity contribution in [3.05, 3.63) is 161 Å². The number of rotatable bonds is 29. The van der Waals surface area contributed by atoms with E-state index in [1.165, 1.54) is 0 Å². The number of benzene rings is 6. The molecule has 2 atom stereocenters. The maximum atomic E-state index is 12.9. The highest BCUT2D eigenvalue weighted by atomic mass is 16.6. The minimum atomic E-state index is -1.62. The Bertz CT molecular complexity index is 2910. The molecule has 0 aliphatic carbocycles. The highest BCUT2D eigenvalue weighted by molar-refractivity contribution is 6.75. The van der Waals surface area contributed by atoms with E-state index >= 15 is 0 Å². The molecule has 0 fully saturated rings. The van der Waals surface area contributed by atoms with Crippen LogP contribution in [-0.2, 0) is 29.1 Å². The van der Waals surface area contributed by atoms with Gasteiger partial charge in [0, 0.05) is 0 Å². The first-order valence-electron chi connectivity index (χ1n) is 25.8. The van der Waals surface area contributed by atoms with Gasteiger partial charge in [0.1, 0.15) is 34.5 Å². The standard InChI is InChI=1S/C59H66B3N3O10/c1-5-7-9-11-13-32-58(3,60(69)55-29-26-52(34-46(55)40-66)71-49-20-14-43(37-63)15-21-49)74-61(56-30-27-53(35-47(56)41-67)72-50-22-16-44(38-64)17-23-50)59(4,33-12-10-8-6-2)75-62(70)57-31-28-54(36-48(57)42-68)73-51-24-18-45(39-65)19-25-51/h14-31,34-36,66-70H,5-13,32-33,40-42H2,1-4H3. The number of aliphatic hydroxyl groups is 3. The fraction of sp³-hybridized carbons (Fsp3) is 0.339. The first-order chi connectivity index (χ1) is 36.3. The van der Waals surface area contributed by atoms with Crippen LogP contribution in [0.5, 0.6) is 34.5 Å². The molecule has 0 bridgehead atoms. The van der Waals surface area contributed by atoms with Crippen molar-refractivity contribution in [2.24, 2.45) is 0 Å². The average Bonchev–Trinajstić information content (AvgIpc) is 3.44. The molecule has 75 heavy (non-hydrogen) atoms. The molecule has 0 saturated heterocycles. The summed E-state index contributed by atoms with van der Waals surface area (Å²) in [4.78, 5) is 0. The zero-order valence-corrected chi connectivity index (χ0v) is 43.4. The molecule has 386 valence electrons. The quantitative estimate of drug-likeness (QED) is 0.0219. The highest BCUT2D eigenvalue weighted by Gasteiger charge is 2.51. The molecule has 5 N–H and O–H groups in total. The van der Waals surface area contributed by atoms with Gasteiger partial charge >= 0.3 is 20.9 Å². The lowest BCUT2D eigenvalue weighted by Crippen LogP contribution is -2.66. The monoisotopic (exact) mass is 1010 g/mol. The van der Waals surface area contributed by atoms with Gasteiger partial charge in [0.15, 0.2) is 0 Å². The van der Waals surface area contributed by atoms with Crippen molar-refractivity contribution < 1.29 is 48.9 Å². The fourth-order valence-corrected chi connectivity index (χ4v) is 9.24. The SMILES string of the molecule is CCCCCCCC(C)(OB(c1ccc(Oc2ccc(C#N)cc2)cc1CO)C(C)(CCCCCC)OB(O)c1ccc(Oc2ccc(C#N)cc2)cc1CO)B(O)c1ccc(Oc2ccc(C#N)cc2)cc1CO. The van der Waals surface area contributed by atoms with Crippen molar-refractivity contribution in [3.63, 3.8) is 0 Å². The molecule has 0 aliphatic rings. The van der Waals surface area contributed by atoms with Gasteiger partial charge in [-0.05, 0) is 169 Å². The van der Waals surface area contributed by atoms with Gasteiger partial charge in [-0.2, -0.15) is 15.8 Å². The second-order valence-corrected chi connectivity index (χ2v) is 19.2. The van der Waals surface area contributed by atoms with Crippen LogP contribution >= 0.6 is 0 Å². The molecule has 0 aliphatic heterocycles. The smallest absolute Gasteiger partial charge is 0.457 e. The molecule has 0 amide bonds. The van der Waals surface area contributed by atoms with E-state index in [-0.39, 0.29) is 5.46 Å². The summed E-state index contributed by atoms with van der Waals surface area (Å²) in [7, 11) is -1.62. The Morgan fingerprint density at radius 3 is 1.19 bits per heavy atom. The number of nitrogens with zero attached hydrogens (tertiary/aromatic N) is 3. The molecule has 16 heteroatoms. The second-order valence-electron chi connectivity index (χ2n) is 19.2. The normalized spacial score (nSPS) is 12.6. The van der Waals surface area contributed by atoms with Crippen LogP contribution in [0.3, 0.4) is 0 Å². The number of ether oxygens (including phenoxy) is 3. The Balaban J connectivity index is 1.46. The van der Waals surface area contributed by atoms with Gasteiger partial charge in [0.2, 0.25) is 0 Å². The van der Waals surface area contributed by atoms with E-state index in [2.05, 4.69) is 32.1 Å². The molecule has 6 aromatic rings. The Hall–Kier alpha value is -6.90. The van der Waals surface area contributed by atoms with Gasteiger partial charge in [-0.25, -0.2) is 0 Å². The Kier molecular flexibility index (Phi) is 21.5. The third-order valence-electron chi connectivity index (χ3n) is 13.6. The van der Waals surface area contributed by atoms with Crippen molar-refractivity contribution in [3.8, 4) is 52.7 Å². The molecule has 2 unspecified atom stereocenters. The van der Waals surface area contributed by atoms with E-state index in [0.29, 0.717) is 104 Å². The van der Waals surface area contributed by atoms with E-state index < -0.39 is 51.8 Å². The lowest BCUT2D eigenvalue weighted by atomic mass is 9.41. The maximum Gasteiger partial charge on any atom is 0.491 e. The van der Waals surface area contributed by atoms with E-state index in [1.54, 1.807) is 127 Å².